The fourth-order valence-electron chi connectivity index (χ4n) is 2.39. The predicted octanol–water partition coefficient (Wildman–Crippen LogP) is 1.03. The third kappa shape index (κ3) is 3.87. The molecule has 1 aliphatic rings. The molecule has 0 aliphatic carbocycles. The Morgan fingerprint density at radius 2 is 1.77 bits per heavy atom. The molecule has 0 bridgehead atoms. The summed E-state index contributed by atoms with van der Waals surface area (Å²) >= 11 is 0. The molecular formula is C14H21NO5S2. The molecule has 0 amide bonds. The van der Waals surface area contributed by atoms with Crippen LogP contribution in [-0.2, 0) is 30.4 Å². The van der Waals surface area contributed by atoms with E-state index in [2.05, 4.69) is 0 Å². The highest BCUT2D eigenvalue weighted by atomic mass is 32.2. The van der Waals surface area contributed by atoms with Crippen LogP contribution >= 0.6 is 0 Å². The van der Waals surface area contributed by atoms with Crippen molar-refractivity contribution in [2.75, 3.05) is 27.3 Å². The van der Waals surface area contributed by atoms with Crippen LogP contribution in [0.4, 0.5) is 0 Å². The Hall–Kier alpha value is -0.960. The number of rotatable bonds is 5. The molecule has 1 aliphatic heterocycles. The second-order valence-corrected chi connectivity index (χ2v) is 9.99. The number of ether oxygens (including phenoxy) is 1. The molecule has 1 heterocycles. The zero-order chi connectivity index (χ0) is 16.4. The standard InChI is InChI=1S/C14H21NO5S2/c1-15(2)22(18,19)14-5-3-4-12(10-14)11-21(16,17)13-6-8-20-9-7-13/h3-5,10,13H,6-9,11H2,1-2H3. The van der Waals surface area contributed by atoms with Crippen molar-refractivity contribution in [1.29, 1.82) is 0 Å². The quantitative estimate of drug-likeness (QED) is 0.795. The lowest BCUT2D eigenvalue weighted by Crippen LogP contribution is -2.30. The lowest BCUT2D eigenvalue weighted by atomic mass is 10.2. The maximum Gasteiger partial charge on any atom is 0.242 e. The molecule has 1 aromatic rings. The first kappa shape index (κ1) is 17.4. The molecule has 0 saturated carbocycles. The van der Waals surface area contributed by atoms with E-state index in [4.69, 9.17) is 4.74 Å². The molecule has 0 N–H and O–H groups in total. The van der Waals surface area contributed by atoms with E-state index in [9.17, 15) is 16.8 Å². The van der Waals surface area contributed by atoms with Crippen molar-refractivity contribution in [2.24, 2.45) is 0 Å². The molecule has 0 radical (unpaired) electrons. The third-order valence-electron chi connectivity index (χ3n) is 3.72. The smallest absolute Gasteiger partial charge is 0.242 e. The molecule has 0 spiro atoms. The van der Waals surface area contributed by atoms with Gasteiger partial charge in [0.05, 0.1) is 15.9 Å². The second kappa shape index (κ2) is 6.66. The van der Waals surface area contributed by atoms with Crippen LogP contribution in [0.15, 0.2) is 29.2 Å². The van der Waals surface area contributed by atoms with Crippen molar-refractivity contribution < 1.29 is 21.6 Å². The summed E-state index contributed by atoms with van der Waals surface area (Å²) in [6.07, 6.45) is 0.996. The van der Waals surface area contributed by atoms with Gasteiger partial charge in [-0.15, -0.1) is 0 Å². The number of sulfonamides is 1. The van der Waals surface area contributed by atoms with E-state index in [1.165, 1.54) is 26.2 Å². The molecule has 0 atom stereocenters. The van der Waals surface area contributed by atoms with Gasteiger partial charge in [0.1, 0.15) is 0 Å². The van der Waals surface area contributed by atoms with Gasteiger partial charge >= 0.3 is 0 Å². The summed E-state index contributed by atoms with van der Waals surface area (Å²) in [5.74, 6) is -0.144. The average molecular weight is 347 g/mol. The Morgan fingerprint density at radius 1 is 1.14 bits per heavy atom. The fraction of sp³-hybridized carbons (Fsp3) is 0.571. The van der Waals surface area contributed by atoms with Gasteiger partial charge in [-0.25, -0.2) is 21.1 Å². The van der Waals surface area contributed by atoms with Gasteiger partial charge in [0.25, 0.3) is 0 Å². The summed E-state index contributed by atoms with van der Waals surface area (Å²) in [7, 11) is -3.98. The van der Waals surface area contributed by atoms with E-state index < -0.39 is 25.1 Å². The zero-order valence-electron chi connectivity index (χ0n) is 12.7. The van der Waals surface area contributed by atoms with Gasteiger partial charge < -0.3 is 4.74 Å². The molecule has 124 valence electrons. The highest BCUT2D eigenvalue weighted by Crippen LogP contribution is 2.22. The molecule has 0 aromatic heterocycles. The van der Waals surface area contributed by atoms with Gasteiger partial charge in [-0.1, -0.05) is 12.1 Å². The zero-order valence-corrected chi connectivity index (χ0v) is 14.4. The first-order valence-corrected chi connectivity index (χ1v) is 10.2. The van der Waals surface area contributed by atoms with Crippen molar-refractivity contribution in [2.45, 2.75) is 28.7 Å². The van der Waals surface area contributed by atoms with Crippen LogP contribution < -0.4 is 0 Å². The average Bonchev–Trinajstić information content (AvgIpc) is 2.48. The molecule has 22 heavy (non-hydrogen) atoms. The summed E-state index contributed by atoms with van der Waals surface area (Å²) in [4.78, 5) is 0.108. The highest BCUT2D eigenvalue weighted by molar-refractivity contribution is 7.91. The molecule has 1 aromatic carbocycles. The minimum Gasteiger partial charge on any atom is -0.381 e. The van der Waals surface area contributed by atoms with Crippen LogP contribution in [0.25, 0.3) is 0 Å². The first-order chi connectivity index (χ1) is 10.2. The summed E-state index contributed by atoms with van der Waals surface area (Å²) in [5.41, 5.74) is 0.495. The Kier molecular flexibility index (Phi) is 5.26. The van der Waals surface area contributed by atoms with Crippen LogP contribution in [0.1, 0.15) is 18.4 Å². The lowest BCUT2D eigenvalue weighted by molar-refractivity contribution is 0.0983. The Labute approximate surface area is 132 Å². The van der Waals surface area contributed by atoms with Crippen molar-refractivity contribution in [3.63, 3.8) is 0 Å². The molecular weight excluding hydrogens is 326 g/mol. The van der Waals surface area contributed by atoms with Gasteiger partial charge in [-0.2, -0.15) is 0 Å². The lowest BCUT2D eigenvalue weighted by Gasteiger charge is -2.22. The van der Waals surface area contributed by atoms with E-state index in [1.54, 1.807) is 12.1 Å². The summed E-state index contributed by atoms with van der Waals surface area (Å²) in [5, 5.41) is -0.407. The number of hydrogen-bond donors (Lipinski definition) is 0. The Bertz CT molecular complexity index is 719. The van der Waals surface area contributed by atoms with Crippen molar-refractivity contribution >= 4 is 19.9 Å². The number of benzene rings is 1. The SMILES string of the molecule is CN(C)S(=O)(=O)c1cccc(CS(=O)(=O)C2CCOCC2)c1. The van der Waals surface area contributed by atoms with Crippen LogP contribution in [0.3, 0.4) is 0 Å². The number of hydrogen-bond acceptors (Lipinski definition) is 5. The van der Waals surface area contributed by atoms with E-state index in [-0.39, 0.29) is 10.6 Å². The van der Waals surface area contributed by atoms with Gasteiger partial charge in [0.2, 0.25) is 10.0 Å². The van der Waals surface area contributed by atoms with Gasteiger partial charge in [-0.05, 0) is 30.5 Å². The highest BCUT2D eigenvalue weighted by Gasteiger charge is 2.28. The number of sulfone groups is 1. The Morgan fingerprint density at radius 3 is 2.36 bits per heavy atom. The first-order valence-electron chi connectivity index (χ1n) is 7.04. The third-order valence-corrected chi connectivity index (χ3v) is 7.75. The molecule has 1 fully saturated rings. The van der Waals surface area contributed by atoms with E-state index in [1.807, 2.05) is 0 Å². The van der Waals surface area contributed by atoms with Crippen LogP contribution in [0.5, 0.6) is 0 Å². The topological polar surface area (TPSA) is 80.8 Å². The molecule has 6 nitrogen and oxygen atoms in total. The van der Waals surface area contributed by atoms with Gasteiger partial charge in [0, 0.05) is 27.3 Å². The van der Waals surface area contributed by atoms with Gasteiger partial charge in [-0.3, -0.25) is 0 Å². The fourth-order valence-corrected chi connectivity index (χ4v) is 5.15. The predicted molar refractivity (Wildman–Crippen MR) is 83.8 cm³/mol. The molecule has 1 saturated heterocycles. The summed E-state index contributed by atoms with van der Waals surface area (Å²) in [6, 6.07) is 6.13. The van der Waals surface area contributed by atoms with Crippen molar-refractivity contribution in [1.82, 2.24) is 4.31 Å². The van der Waals surface area contributed by atoms with Gasteiger partial charge in [0.15, 0.2) is 9.84 Å². The number of nitrogens with zero attached hydrogens (tertiary/aromatic N) is 1. The minimum atomic E-state index is -3.56. The van der Waals surface area contributed by atoms with Crippen molar-refractivity contribution in [3.8, 4) is 0 Å². The molecule has 0 unspecified atom stereocenters. The van der Waals surface area contributed by atoms with E-state index >= 15 is 0 Å². The normalized spacial score (nSPS) is 17.8. The maximum atomic E-state index is 12.4. The Balaban J connectivity index is 2.24. The summed E-state index contributed by atoms with van der Waals surface area (Å²) < 4.78 is 55.4. The van der Waals surface area contributed by atoms with Crippen LogP contribution in [-0.4, -0.2) is 53.7 Å². The summed E-state index contributed by atoms with van der Waals surface area (Å²) in [6.45, 7) is 0.915. The molecule has 8 heteroatoms. The van der Waals surface area contributed by atoms with Crippen molar-refractivity contribution in [3.05, 3.63) is 29.8 Å². The maximum absolute atomic E-state index is 12.4. The van der Waals surface area contributed by atoms with Crippen LogP contribution in [0, 0.1) is 0 Å². The monoisotopic (exact) mass is 347 g/mol. The minimum absolute atomic E-state index is 0.108. The second-order valence-electron chi connectivity index (χ2n) is 5.55. The molecule has 2 rings (SSSR count). The van der Waals surface area contributed by atoms with E-state index in [0.29, 0.717) is 31.6 Å². The van der Waals surface area contributed by atoms with Crippen LogP contribution in [0.2, 0.25) is 0 Å². The van der Waals surface area contributed by atoms with E-state index in [0.717, 1.165) is 4.31 Å². The largest absolute Gasteiger partial charge is 0.381 e.